The molecule has 1 heterocycles. The highest BCUT2D eigenvalue weighted by Gasteiger charge is 2.23. The molecule has 17 heavy (non-hydrogen) atoms. The Kier molecular flexibility index (Phi) is 6.00. The molecule has 0 saturated carbocycles. The smallest absolute Gasteiger partial charge is 0.234 e. The lowest BCUT2D eigenvalue weighted by Crippen LogP contribution is -2.47. The van der Waals surface area contributed by atoms with E-state index in [1.807, 2.05) is 17.9 Å². The van der Waals surface area contributed by atoms with Gasteiger partial charge in [0.25, 0.3) is 0 Å². The average molecular weight is 242 g/mol. The summed E-state index contributed by atoms with van der Waals surface area (Å²) in [4.78, 5) is 13.2. The first-order chi connectivity index (χ1) is 8.15. The third kappa shape index (κ3) is 4.75. The van der Waals surface area contributed by atoms with E-state index in [0.29, 0.717) is 19.7 Å². The fraction of sp³-hybridized carbons (Fsp3) is 0.750. The topological polar surface area (TPSA) is 64.8 Å². The Morgan fingerprint density at radius 1 is 1.71 bits per heavy atom. The van der Waals surface area contributed by atoms with Crippen molar-refractivity contribution in [1.29, 1.82) is 0 Å². The fourth-order valence-electron chi connectivity index (χ4n) is 1.81. The van der Waals surface area contributed by atoms with Crippen LogP contribution in [0.15, 0.2) is 12.3 Å². The van der Waals surface area contributed by atoms with Crippen LogP contribution in [0.1, 0.15) is 19.8 Å². The van der Waals surface area contributed by atoms with Crippen LogP contribution in [0.4, 0.5) is 0 Å². The van der Waals surface area contributed by atoms with Crippen LogP contribution < -0.4 is 5.73 Å². The number of ether oxygens (including phenoxy) is 2. The highest BCUT2D eigenvalue weighted by Crippen LogP contribution is 2.13. The van der Waals surface area contributed by atoms with Gasteiger partial charge < -0.3 is 15.2 Å². The van der Waals surface area contributed by atoms with E-state index in [4.69, 9.17) is 15.2 Å². The maximum absolute atomic E-state index is 11.2. The SMILES string of the molecule is COCCN(C[C@H]1CCC=CO1)[C@@H](C)C(N)=O. The van der Waals surface area contributed by atoms with Crippen LogP contribution in [0, 0.1) is 0 Å². The zero-order chi connectivity index (χ0) is 12.7. The number of methoxy groups -OCH3 is 1. The summed E-state index contributed by atoms with van der Waals surface area (Å²) < 4.78 is 10.5. The van der Waals surface area contributed by atoms with Gasteiger partial charge in [-0.25, -0.2) is 0 Å². The van der Waals surface area contributed by atoms with Crippen molar-refractivity contribution in [3.63, 3.8) is 0 Å². The van der Waals surface area contributed by atoms with Crippen molar-refractivity contribution in [2.45, 2.75) is 31.9 Å². The second-order valence-electron chi connectivity index (χ2n) is 4.27. The quantitative estimate of drug-likeness (QED) is 0.706. The van der Waals surface area contributed by atoms with Gasteiger partial charge in [-0.3, -0.25) is 9.69 Å². The molecule has 1 amide bonds. The lowest BCUT2D eigenvalue weighted by atomic mass is 10.1. The fourth-order valence-corrected chi connectivity index (χ4v) is 1.81. The number of nitrogens with zero attached hydrogens (tertiary/aromatic N) is 1. The van der Waals surface area contributed by atoms with Crippen molar-refractivity contribution in [3.8, 4) is 0 Å². The molecule has 98 valence electrons. The number of nitrogens with two attached hydrogens (primary N) is 1. The minimum Gasteiger partial charge on any atom is -0.497 e. The minimum atomic E-state index is -0.313. The van der Waals surface area contributed by atoms with Gasteiger partial charge in [0.1, 0.15) is 6.10 Å². The van der Waals surface area contributed by atoms with Crippen LogP contribution in [0.2, 0.25) is 0 Å². The van der Waals surface area contributed by atoms with Gasteiger partial charge in [0.15, 0.2) is 0 Å². The number of allylic oxidation sites excluding steroid dienone is 1. The molecule has 0 aromatic carbocycles. The van der Waals surface area contributed by atoms with E-state index >= 15 is 0 Å². The molecule has 0 aromatic rings. The molecule has 0 aromatic heterocycles. The van der Waals surface area contributed by atoms with Gasteiger partial charge in [0.2, 0.25) is 5.91 Å². The van der Waals surface area contributed by atoms with Gasteiger partial charge >= 0.3 is 0 Å². The molecule has 2 atom stereocenters. The summed E-state index contributed by atoms with van der Waals surface area (Å²) >= 11 is 0. The Morgan fingerprint density at radius 2 is 2.47 bits per heavy atom. The van der Waals surface area contributed by atoms with Gasteiger partial charge in [0, 0.05) is 20.2 Å². The highest BCUT2D eigenvalue weighted by molar-refractivity contribution is 5.79. The zero-order valence-corrected chi connectivity index (χ0v) is 10.6. The van der Waals surface area contributed by atoms with E-state index in [0.717, 1.165) is 12.8 Å². The van der Waals surface area contributed by atoms with Gasteiger partial charge in [-0.15, -0.1) is 0 Å². The van der Waals surface area contributed by atoms with Crippen LogP contribution in [0.3, 0.4) is 0 Å². The summed E-state index contributed by atoms with van der Waals surface area (Å²) in [7, 11) is 1.65. The van der Waals surface area contributed by atoms with Crippen molar-refractivity contribution < 1.29 is 14.3 Å². The summed E-state index contributed by atoms with van der Waals surface area (Å²) in [5.41, 5.74) is 5.34. The van der Waals surface area contributed by atoms with E-state index in [1.165, 1.54) is 0 Å². The number of carbonyl (C=O) groups is 1. The first-order valence-electron chi connectivity index (χ1n) is 5.98. The number of carbonyl (C=O) groups excluding carboxylic acids is 1. The summed E-state index contributed by atoms with van der Waals surface area (Å²) in [5.74, 6) is -0.313. The maximum atomic E-state index is 11.2. The summed E-state index contributed by atoms with van der Waals surface area (Å²) in [5, 5.41) is 0. The van der Waals surface area contributed by atoms with Crippen LogP contribution >= 0.6 is 0 Å². The van der Waals surface area contributed by atoms with Crippen molar-refractivity contribution in [2.24, 2.45) is 5.73 Å². The minimum absolute atomic E-state index is 0.138. The van der Waals surface area contributed by atoms with Gasteiger partial charge in [-0.05, 0) is 25.8 Å². The lowest BCUT2D eigenvalue weighted by Gasteiger charge is -2.31. The molecular weight excluding hydrogens is 220 g/mol. The summed E-state index contributed by atoms with van der Waals surface area (Å²) in [6.07, 6.45) is 5.88. The third-order valence-corrected chi connectivity index (χ3v) is 3.00. The second kappa shape index (κ2) is 7.29. The van der Waals surface area contributed by atoms with E-state index in [9.17, 15) is 4.79 Å². The molecular formula is C12H22N2O3. The molecule has 5 heteroatoms. The number of hydrogen-bond acceptors (Lipinski definition) is 4. The van der Waals surface area contributed by atoms with Gasteiger partial charge in [0.05, 0.1) is 18.9 Å². The molecule has 5 nitrogen and oxygen atoms in total. The number of primary amides is 1. The van der Waals surface area contributed by atoms with E-state index < -0.39 is 0 Å². The molecule has 0 radical (unpaired) electrons. The molecule has 1 aliphatic rings. The Labute approximate surface area is 103 Å². The van der Waals surface area contributed by atoms with Crippen molar-refractivity contribution in [1.82, 2.24) is 4.90 Å². The molecule has 1 rings (SSSR count). The summed E-state index contributed by atoms with van der Waals surface area (Å²) in [6.45, 7) is 3.79. The van der Waals surface area contributed by atoms with Crippen molar-refractivity contribution in [3.05, 3.63) is 12.3 Å². The molecule has 0 aliphatic carbocycles. The number of hydrogen-bond donors (Lipinski definition) is 1. The molecule has 0 spiro atoms. The Balaban J connectivity index is 2.49. The maximum Gasteiger partial charge on any atom is 0.234 e. The van der Waals surface area contributed by atoms with Crippen molar-refractivity contribution >= 4 is 5.91 Å². The van der Waals surface area contributed by atoms with Gasteiger partial charge in [-0.1, -0.05) is 0 Å². The summed E-state index contributed by atoms with van der Waals surface area (Å²) in [6, 6.07) is -0.292. The molecule has 0 saturated heterocycles. The largest absolute Gasteiger partial charge is 0.497 e. The van der Waals surface area contributed by atoms with E-state index in [2.05, 4.69) is 0 Å². The van der Waals surface area contributed by atoms with E-state index in [1.54, 1.807) is 13.4 Å². The predicted octanol–water partition coefficient (Wildman–Crippen LogP) is 0.501. The first-order valence-corrected chi connectivity index (χ1v) is 5.98. The monoisotopic (exact) mass is 242 g/mol. The van der Waals surface area contributed by atoms with Crippen molar-refractivity contribution in [2.75, 3.05) is 26.8 Å². The molecule has 1 aliphatic heterocycles. The van der Waals surface area contributed by atoms with Crippen LogP contribution in [-0.4, -0.2) is 49.8 Å². The molecule has 0 unspecified atom stereocenters. The Bertz CT molecular complexity index is 268. The first kappa shape index (κ1) is 14.0. The lowest BCUT2D eigenvalue weighted by molar-refractivity contribution is -0.123. The normalized spacial score (nSPS) is 21.2. The molecule has 2 N–H and O–H groups in total. The standard InChI is InChI=1S/C12H22N2O3/c1-10(12(13)15)14(6-8-16-2)9-11-5-3-4-7-17-11/h4,7,10-11H,3,5-6,8-9H2,1-2H3,(H2,13,15)/t10-,11+/m0/s1. The number of amides is 1. The zero-order valence-electron chi connectivity index (χ0n) is 10.6. The average Bonchev–Trinajstić information content (AvgIpc) is 2.34. The molecule has 0 fully saturated rings. The second-order valence-corrected chi connectivity index (χ2v) is 4.27. The highest BCUT2D eigenvalue weighted by atomic mass is 16.5. The van der Waals surface area contributed by atoms with Crippen LogP contribution in [0.25, 0.3) is 0 Å². The number of rotatable bonds is 7. The predicted molar refractivity (Wildman–Crippen MR) is 65.4 cm³/mol. The molecule has 0 bridgehead atoms. The van der Waals surface area contributed by atoms with Crippen LogP contribution in [-0.2, 0) is 14.3 Å². The third-order valence-electron chi connectivity index (χ3n) is 3.00. The van der Waals surface area contributed by atoms with Gasteiger partial charge in [-0.2, -0.15) is 0 Å². The van der Waals surface area contributed by atoms with Crippen LogP contribution in [0.5, 0.6) is 0 Å². The van der Waals surface area contributed by atoms with E-state index in [-0.39, 0.29) is 18.1 Å². The Hall–Kier alpha value is -1.07. The Morgan fingerprint density at radius 3 is 3.00 bits per heavy atom.